The Bertz CT molecular complexity index is 1190. The number of aliphatic hydroxyl groups is 1. The normalized spacial score (nSPS) is 18.5. The fraction of sp³-hybridized carbons (Fsp3) is 0.381. The average molecular weight is 414 g/mol. The predicted octanol–water partition coefficient (Wildman–Crippen LogP) is 5.10. The van der Waals surface area contributed by atoms with Gasteiger partial charge in [0.25, 0.3) is 0 Å². The van der Waals surface area contributed by atoms with E-state index in [1.807, 2.05) is 37.5 Å². The fourth-order valence-electron chi connectivity index (χ4n) is 4.03. The zero-order chi connectivity index (χ0) is 20.2. The second-order valence-corrected chi connectivity index (χ2v) is 8.88. The number of fused-ring (bicyclic) bond motifs is 2. The van der Waals surface area contributed by atoms with Gasteiger partial charge in [-0.05, 0) is 43.0 Å². The van der Waals surface area contributed by atoms with Gasteiger partial charge in [-0.2, -0.15) is 5.10 Å². The predicted molar refractivity (Wildman–Crippen MR) is 109 cm³/mol. The van der Waals surface area contributed by atoms with Crippen molar-refractivity contribution in [2.24, 2.45) is 13.0 Å². The van der Waals surface area contributed by atoms with Crippen molar-refractivity contribution in [3.05, 3.63) is 41.5 Å². The van der Waals surface area contributed by atoms with E-state index in [-0.39, 0.29) is 18.8 Å². The molecule has 0 saturated heterocycles. The molecule has 29 heavy (non-hydrogen) atoms. The van der Waals surface area contributed by atoms with Gasteiger partial charge in [-0.1, -0.05) is 0 Å². The maximum Gasteiger partial charge on any atom is 0.248 e. The molecule has 8 heteroatoms. The Morgan fingerprint density at radius 2 is 2.00 bits per heavy atom. The summed E-state index contributed by atoms with van der Waals surface area (Å²) in [4.78, 5) is 10.8. The summed E-state index contributed by atoms with van der Waals surface area (Å²) in [7, 11) is 1.86. The van der Waals surface area contributed by atoms with Crippen LogP contribution in [0.15, 0.2) is 36.7 Å². The molecule has 4 aromatic heterocycles. The first-order valence-corrected chi connectivity index (χ1v) is 10.5. The summed E-state index contributed by atoms with van der Waals surface area (Å²) < 4.78 is 28.6. The number of hydrogen-bond acceptors (Lipinski definition) is 5. The van der Waals surface area contributed by atoms with Crippen molar-refractivity contribution in [1.82, 2.24) is 19.7 Å². The summed E-state index contributed by atoms with van der Waals surface area (Å²) in [6.07, 6.45) is 3.35. The number of halogens is 2. The van der Waals surface area contributed by atoms with Crippen molar-refractivity contribution < 1.29 is 13.9 Å². The van der Waals surface area contributed by atoms with Gasteiger partial charge >= 0.3 is 0 Å². The number of aryl methyl sites for hydroxylation is 1. The van der Waals surface area contributed by atoms with Gasteiger partial charge in [-0.15, -0.1) is 11.3 Å². The lowest BCUT2D eigenvalue weighted by molar-refractivity contribution is -0.0622. The smallest absolute Gasteiger partial charge is 0.248 e. The van der Waals surface area contributed by atoms with Crippen LogP contribution in [0.1, 0.15) is 36.7 Å². The zero-order valence-corrected chi connectivity index (χ0v) is 16.7. The molecule has 1 aliphatic rings. The molecule has 1 aliphatic carbocycles. The highest BCUT2D eigenvalue weighted by molar-refractivity contribution is 7.18. The molecular formula is C21H20F2N4OS. The van der Waals surface area contributed by atoms with Crippen LogP contribution in [0.2, 0.25) is 0 Å². The van der Waals surface area contributed by atoms with Gasteiger partial charge in [-0.3, -0.25) is 4.68 Å². The maximum atomic E-state index is 13.4. The minimum Gasteiger partial charge on any atom is -0.387 e. The summed E-state index contributed by atoms with van der Waals surface area (Å²) in [5, 5.41) is 16.9. The Balaban J connectivity index is 1.43. The van der Waals surface area contributed by atoms with Crippen molar-refractivity contribution in [1.29, 1.82) is 0 Å². The Hall–Kier alpha value is -2.45. The molecule has 5 nitrogen and oxygen atoms in total. The van der Waals surface area contributed by atoms with E-state index in [0.29, 0.717) is 18.5 Å². The average Bonchev–Trinajstić information content (AvgIpc) is 3.28. The Labute approximate surface area is 170 Å². The third kappa shape index (κ3) is 3.51. The van der Waals surface area contributed by atoms with E-state index in [1.54, 1.807) is 10.9 Å². The zero-order valence-electron chi connectivity index (χ0n) is 15.8. The summed E-state index contributed by atoms with van der Waals surface area (Å²) in [6.45, 7) is 0. The minimum absolute atomic E-state index is 0.126. The molecule has 0 bridgehead atoms. The van der Waals surface area contributed by atoms with E-state index in [0.717, 1.165) is 31.7 Å². The van der Waals surface area contributed by atoms with Gasteiger partial charge < -0.3 is 5.11 Å². The van der Waals surface area contributed by atoms with E-state index in [9.17, 15) is 13.9 Å². The molecule has 1 N–H and O–H groups in total. The van der Waals surface area contributed by atoms with Gasteiger partial charge in [0.05, 0.1) is 11.8 Å². The number of hydrogen-bond donors (Lipinski definition) is 1. The third-order valence-electron chi connectivity index (χ3n) is 5.67. The van der Waals surface area contributed by atoms with Crippen molar-refractivity contribution >= 4 is 32.6 Å². The van der Waals surface area contributed by atoms with Gasteiger partial charge in [-0.25, -0.2) is 18.7 Å². The Morgan fingerprint density at radius 3 is 2.79 bits per heavy atom. The number of thiophene rings is 1. The first kappa shape index (κ1) is 18.6. The lowest BCUT2D eigenvalue weighted by atomic mass is 9.83. The monoisotopic (exact) mass is 414 g/mol. The third-order valence-corrected chi connectivity index (χ3v) is 6.79. The van der Waals surface area contributed by atoms with Crippen LogP contribution in [0.25, 0.3) is 32.5 Å². The number of aliphatic hydroxyl groups excluding tert-OH is 1. The lowest BCUT2D eigenvalue weighted by Crippen LogP contribution is -2.27. The molecule has 0 aromatic carbocycles. The Kier molecular flexibility index (Phi) is 4.36. The lowest BCUT2D eigenvalue weighted by Gasteiger charge is -2.30. The van der Waals surface area contributed by atoms with Gasteiger partial charge in [0, 0.05) is 53.5 Å². The van der Waals surface area contributed by atoms with E-state index >= 15 is 0 Å². The molecule has 0 spiro atoms. The van der Waals surface area contributed by atoms with Crippen molar-refractivity contribution in [3.63, 3.8) is 0 Å². The molecule has 1 fully saturated rings. The molecule has 1 atom stereocenters. The highest BCUT2D eigenvalue weighted by Crippen LogP contribution is 2.43. The highest BCUT2D eigenvalue weighted by Gasteiger charge is 2.38. The summed E-state index contributed by atoms with van der Waals surface area (Å²) in [5.74, 6) is -2.71. The molecule has 4 aromatic rings. The fourth-order valence-corrected chi connectivity index (χ4v) is 5.14. The molecule has 4 heterocycles. The maximum absolute atomic E-state index is 13.4. The van der Waals surface area contributed by atoms with E-state index < -0.39 is 12.0 Å². The van der Waals surface area contributed by atoms with Gasteiger partial charge in [0.2, 0.25) is 5.92 Å². The molecule has 5 rings (SSSR count). The van der Waals surface area contributed by atoms with Crippen LogP contribution in [-0.4, -0.2) is 30.8 Å². The summed E-state index contributed by atoms with van der Waals surface area (Å²) in [6, 6.07) is 7.85. The Morgan fingerprint density at radius 1 is 1.21 bits per heavy atom. The van der Waals surface area contributed by atoms with Crippen LogP contribution >= 0.6 is 11.3 Å². The van der Waals surface area contributed by atoms with Crippen LogP contribution in [0.5, 0.6) is 0 Å². The number of nitrogens with zero attached hydrogens (tertiary/aromatic N) is 4. The first-order chi connectivity index (χ1) is 13.9. The van der Waals surface area contributed by atoms with Crippen LogP contribution in [0.4, 0.5) is 8.78 Å². The topological polar surface area (TPSA) is 63.8 Å². The number of pyridine rings is 2. The van der Waals surface area contributed by atoms with E-state index in [1.165, 1.54) is 11.3 Å². The second kappa shape index (κ2) is 6.81. The molecule has 0 aliphatic heterocycles. The standard InChI is InChI=1S/C21H20F2N4OS/c1-27-11-15-8-14(10-24-19(15)26-27)16-3-2-13-9-17(29-20(13)25-16)18(28)12-4-6-21(22,23)7-5-12/h2-3,8-12,18,28H,4-7H2,1H3. The van der Waals surface area contributed by atoms with Crippen LogP contribution in [-0.2, 0) is 7.05 Å². The molecular weight excluding hydrogens is 394 g/mol. The molecule has 1 unspecified atom stereocenters. The SMILES string of the molecule is Cn1cc2cc(-c3ccc4cc(C(O)C5CCC(F)(F)CC5)sc4n3)cnc2n1. The highest BCUT2D eigenvalue weighted by atomic mass is 32.1. The number of aromatic nitrogens is 4. The van der Waals surface area contributed by atoms with E-state index in [4.69, 9.17) is 4.98 Å². The van der Waals surface area contributed by atoms with Crippen molar-refractivity contribution in [2.45, 2.75) is 37.7 Å². The van der Waals surface area contributed by atoms with Crippen molar-refractivity contribution in [3.8, 4) is 11.3 Å². The second-order valence-electron chi connectivity index (χ2n) is 7.82. The van der Waals surface area contributed by atoms with E-state index in [2.05, 4.69) is 10.1 Å². The van der Waals surface area contributed by atoms with Gasteiger partial charge in [0.1, 0.15) is 4.83 Å². The molecule has 0 radical (unpaired) electrons. The first-order valence-electron chi connectivity index (χ1n) is 9.64. The minimum atomic E-state index is -2.59. The summed E-state index contributed by atoms with van der Waals surface area (Å²) >= 11 is 1.43. The quantitative estimate of drug-likeness (QED) is 0.506. The summed E-state index contributed by atoms with van der Waals surface area (Å²) in [5.41, 5.74) is 2.39. The molecule has 150 valence electrons. The number of alkyl halides is 2. The van der Waals surface area contributed by atoms with Crippen molar-refractivity contribution in [2.75, 3.05) is 0 Å². The molecule has 0 amide bonds. The van der Waals surface area contributed by atoms with Gasteiger partial charge in [0.15, 0.2) is 5.65 Å². The van der Waals surface area contributed by atoms with Crippen LogP contribution in [0, 0.1) is 5.92 Å². The number of rotatable bonds is 3. The van der Waals surface area contributed by atoms with Crippen LogP contribution in [0.3, 0.4) is 0 Å². The van der Waals surface area contributed by atoms with Crippen LogP contribution < -0.4 is 0 Å². The largest absolute Gasteiger partial charge is 0.387 e. The molecule has 1 saturated carbocycles.